The van der Waals surface area contributed by atoms with Crippen LogP contribution < -0.4 is 14.5 Å². The van der Waals surface area contributed by atoms with Crippen molar-refractivity contribution in [3.63, 3.8) is 0 Å². The molecule has 34 heavy (non-hydrogen) atoms. The van der Waals surface area contributed by atoms with Crippen molar-refractivity contribution in [3.05, 3.63) is 122 Å². The van der Waals surface area contributed by atoms with Crippen LogP contribution in [0.5, 0.6) is 0 Å². The number of hydrogen-bond donors (Lipinski definition) is 0. The molecule has 8 heteroatoms. The predicted molar refractivity (Wildman–Crippen MR) is 134 cm³/mol. The number of anilines is 5. The van der Waals surface area contributed by atoms with Crippen molar-refractivity contribution in [2.45, 2.75) is 0 Å². The van der Waals surface area contributed by atoms with Gasteiger partial charge in [0, 0.05) is 32.5 Å². The van der Waals surface area contributed by atoms with E-state index in [0.29, 0.717) is 0 Å². The SMILES string of the molecule is CN1C=CN(c2[c-]cccc2)[CH-]1.[B]1N(c2ccccn2)c2ccccc2N1c1ccccn1.[Ir]. The van der Waals surface area contributed by atoms with Gasteiger partial charge in [-0.05, 0) is 55.8 Å². The Bertz CT molecular complexity index is 1150. The van der Waals surface area contributed by atoms with E-state index in [-0.39, 0.29) is 20.1 Å². The molecule has 2 aromatic carbocycles. The predicted octanol–water partition coefficient (Wildman–Crippen LogP) is 5.13. The molecule has 0 saturated carbocycles. The molecule has 0 atom stereocenters. The molecule has 4 aromatic rings. The minimum Gasteiger partial charge on any atom is -0.510 e. The van der Waals surface area contributed by atoms with Crippen LogP contribution in [0.4, 0.5) is 28.7 Å². The van der Waals surface area contributed by atoms with Crippen molar-refractivity contribution in [1.29, 1.82) is 0 Å². The molecule has 0 bridgehead atoms. The summed E-state index contributed by atoms with van der Waals surface area (Å²) in [5.41, 5.74) is 3.27. The van der Waals surface area contributed by atoms with E-state index in [1.807, 2.05) is 116 Å². The Hall–Kier alpha value is -3.61. The van der Waals surface area contributed by atoms with E-state index in [2.05, 4.69) is 37.8 Å². The summed E-state index contributed by atoms with van der Waals surface area (Å²) in [5, 5.41) is 0. The molecule has 0 fully saturated rings. The van der Waals surface area contributed by atoms with Gasteiger partial charge in [-0.3, -0.25) is 0 Å². The van der Waals surface area contributed by atoms with Crippen LogP contribution in [-0.4, -0.2) is 29.5 Å². The van der Waals surface area contributed by atoms with Crippen molar-refractivity contribution in [3.8, 4) is 0 Å². The zero-order valence-electron chi connectivity index (χ0n) is 18.6. The second-order valence-electron chi connectivity index (χ2n) is 7.45. The number of para-hydroxylation sites is 3. The van der Waals surface area contributed by atoms with Crippen LogP contribution in [0.15, 0.2) is 110 Å². The summed E-state index contributed by atoms with van der Waals surface area (Å²) in [7, 11) is 4.02. The summed E-state index contributed by atoms with van der Waals surface area (Å²) in [6, 6.07) is 31.1. The van der Waals surface area contributed by atoms with E-state index in [1.54, 1.807) is 12.4 Å². The third-order valence-corrected chi connectivity index (χ3v) is 5.16. The Morgan fingerprint density at radius 3 is 1.79 bits per heavy atom. The van der Waals surface area contributed by atoms with Crippen molar-refractivity contribution in [2.75, 3.05) is 21.6 Å². The molecular formula is C26H22BIrN6-2. The van der Waals surface area contributed by atoms with E-state index in [0.717, 1.165) is 28.7 Å². The molecule has 0 spiro atoms. The Kier molecular flexibility index (Phi) is 7.63. The zero-order valence-corrected chi connectivity index (χ0v) is 21.0. The topological polar surface area (TPSA) is 38.7 Å². The van der Waals surface area contributed by atoms with E-state index in [1.165, 1.54) is 0 Å². The van der Waals surface area contributed by atoms with E-state index in [9.17, 15) is 0 Å². The second kappa shape index (κ2) is 11.0. The first-order chi connectivity index (χ1) is 16.3. The molecular weight excluding hydrogens is 599 g/mol. The van der Waals surface area contributed by atoms with Gasteiger partial charge in [-0.1, -0.05) is 24.3 Å². The Morgan fingerprint density at radius 1 is 0.735 bits per heavy atom. The molecule has 2 aromatic heterocycles. The fourth-order valence-corrected chi connectivity index (χ4v) is 3.61. The summed E-state index contributed by atoms with van der Waals surface area (Å²) in [4.78, 5) is 17.0. The summed E-state index contributed by atoms with van der Waals surface area (Å²) in [6.07, 6.45) is 7.61. The molecule has 2 aliphatic heterocycles. The molecule has 170 valence electrons. The van der Waals surface area contributed by atoms with Crippen molar-refractivity contribution in [2.24, 2.45) is 0 Å². The van der Waals surface area contributed by atoms with Gasteiger partial charge in [0.1, 0.15) is 11.6 Å². The molecule has 6 rings (SSSR count). The minimum absolute atomic E-state index is 0. The number of rotatable bonds is 3. The number of nitrogens with zero attached hydrogens (tertiary/aromatic N) is 6. The van der Waals surface area contributed by atoms with Crippen LogP contribution >= 0.6 is 0 Å². The van der Waals surface area contributed by atoms with Gasteiger partial charge in [0.05, 0.1) is 11.4 Å². The van der Waals surface area contributed by atoms with Crippen molar-refractivity contribution < 1.29 is 20.1 Å². The van der Waals surface area contributed by atoms with Gasteiger partial charge in [0.2, 0.25) is 0 Å². The molecule has 0 unspecified atom stereocenters. The number of fused-ring (bicyclic) bond motifs is 1. The second-order valence-corrected chi connectivity index (χ2v) is 7.45. The average Bonchev–Trinajstić information content (AvgIpc) is 3.50. The normalized spacial score (nSPS) is 13.6. The monoisotopic (exact) mass is 622 g/mol. The number of pyridine rings is 2. The van der Waals surface area contributed by atoms with Crippen LogP contribution in [-0.2, 0) is 20.1 Å². The van der Waals surface area contributed by atoms with E-state index in [4.69, 9.17) is 0 Å². The van der Waals surface area contributed by atoms with E-state index < -0.39 is 0 Å². The maximum Gasteiger partial charge on any atom is 0.403 e. The zero-order chi connectivity index (χ0) is 22.5. The maximum atomic E-state index is 4.44. The molecule has 0 N–H and O–H groups in total. The van der Waals surface area contributed by atoms with Gasteiger partial charge >= 0.3 is 7.55 Å². The quantitative estimate of drug-likeness (QED) is 0.234. The summed E-state index contributed by atoms with van der Waals surface area (Å²) < 4.78 is 0. The van der Waals surface area contributed by atoms with Crippen molar-refractivity contribution in [1.82, 2.24) is 14.9 Å². The minimum atomic E-state index is 0. The molecule has 0 amide bonds. The fourth-order valence-electron chi connectivity index (χ4n) is 3.61. The van der Waals surface area contributed by atoms with Gasteiger partial charge in [0.15, 0.2) is 0 Å². The summed E-state index contributed by atoms with van der Waals surface area (Å²) >= 11 is 0. The summed E-state index contributed by atoms with van der Waals surface area (Å²) in [6.45, 7) is 2.01. The first-order valence-electron chi connectivity index (χ1n) is 10.6. The molecule has 6 nitrogen and oxygen atoms in total. The largest absolute Gasteiger partial charge is 0.510 e. The first kappa shape index (κ1) is 23.5. The van der Waals surface area contributed by atoms with Crippen LogP contribution in [0.2, 0.25) is 0 Å². The Balaban J connectivity index is 0.000000180. The van der Waals surface area contributed by atoms with Crippen LogP contribution in [0.1, 0.15) is 0 Å². The van der Waals surface area contributed by atoms with Crippen LogP contribution in [0.3, 0.4) is 0 Å². The molecule has 2 aliphatic rings. The van der Waals surface area contributed by atoms with Crippen molar-refractivity contribution >= 4 is 36.2 Å². The van der Waals surface area contributed by atoms with Crippen LogP contribution in [0, 0.1) is 12.7 Å². The van der Waals surface area contributed by atoms with Crippen LogP contribution in [0.25, 0.3) is 0 Å². The van der Waals surface area contributed by atoms with E-state index >= 15 is 0 Å². The standard InChI is InChI=1S/C16H12BN4.C10H10N2.Ir/c1-2-8-14-13(7-1)20(15-9-3-5-11-18-15)17-21(14)16-10-4-6-12-19-16;1-11-7-8-12(9-11)10-5-3-2-4-6-10;/h1-12H;2-5,7-9H,1H3;/q;-2;. The van der Waals surface area contributed by atoms with Gasteiger partial charge in [-0.15, -0.1) is 5.69 Å². The maximum absolute atomic E-state index is 4.44. The Morgan fingerprint density at radius 2 is 1.32 bits per heavy atom. The molecule has 0 aliphatic carbocycles. The fraction of sp³-hybridized carbons (Fsp3) is 0.0385. The van der Waals surface area contributed by atoms with Gasteiger partial charge < -0.3 is 19.4 Å². The molecule has 0 saturated heterocycles. The number of hydrogen-bond acceptors (Lipinski definition) is 6. The number of benzene rings is 2. The van der Waals surface area contributed by atoms with Gasteiger partial charge in [0.25, 0.3) is 0 Å². The molecule has 2 radical (unpaired) electrons. The summed E-state index contributed by atoms with van der Waals surface area (Å²) in [5.74, 6) is 1.78. The average molecular weight is 622 g/mol. The Labute approximate surface area is 214 Å². The van der Waals surface area contributed by atoms with Gasteiger partial charge in [-0.25, -0.2) is 9.97 Å². The smallest absolute Gasteiger partial charge is 0.403 e. The first-order valence-corrected chi connectivity index (χ1v) is 10.6. The molecule has 4 heterocycles. The third kappa shape index (κ3) is 5.14. The number of aromatic nitrogens is 2. The third-order valence-electron chi connectivity index (χ3n) is 5.16. The van der Waals surface area contributed by atoms with Gasteiger partial charge in [-0.2, -0.15) is 37.0 Å².